The van der Waals surface area contributed by atoms with Crippen LogP contribution in [0.4, 0.5) is 0 Å². The first-order chi connectivity index (χ1) is 10.0. The summed E-state index contributed by atoms with van der Waals surface area (Å²) in [7, 11) is 0. The van der Waals surface area contributed by atoms with Crippen LogP contribution >= 0.6 is 31.9 Å². The first-order valence-electron chi connectivity index (χ1n) is 7.13. The largest absolute Gasteiger partial charge is 0.314 e. The molecule has 0 bridgehead atoms. The lowest BCUT2D eigenvalue weighted by atomic mass is 9.92. The molecule has 0 aliphatic rings. The quantitative estimate of drug-likeness (QED) is 0.728. The van der Waals surface area contributed by atoms with Gasteiger partial charge >= 0.3 is 0 Å². The molecule has 0 fully saturated rings. The molecule has 1 heterocycles. The molecule has 0 aliphatic carbocycles. The van der Waals surface area contributed by atoms with E-state index in [-0.39, 0.29) is 0 Å². The fourth-order valence-corrected chi connectivity index (χ4v) is 2.95. The van der Waals surface area contributed by atoms with E-state index in [2.05, 4.69) is 86.3 Å². The third kappa shape index (κ3) is 5.53. The lowest BCUT2D eigenvalue weighted by Crippen LogP contribution is -2.29. The molecule has 2 aromatic rings. The van der Waals surface area contributed by atoms with E-state index >= 15 is 0 Å². The van der Waals surface area contributed by atoms with Gasteiger partial charge in [-0.3, -0.25) is 4.98 Å². The van der Waals surface area contributed by atoms with Crippen LogP contribution in [-0.2, 0) is 6.42 Å². The number of rotatable bonds is 6. The van der Waals surface area contributed by atoms with Gasteiger partial charge in [0, 0.05) is 39.8 Å². The minimum Gasteiger partial charge on any atom is -0.314 e. The van der Waals surface area contributed by atoms with Gasteiger partial charge in [-0.05, 0) is 51.7 Å². The Bertz CT molecular complexity index is 567. The zero-order chi connectivity index (χ0) is 15.2. The van der Waals surface area contributed by atoms with Gasteiger partial charge in [0.05, 0.1) is 0 Å². The van der Waals surface area contributed by atoms with Crippen LogP contribution in [0.25, 0.3) is 0 Å². The monoisotopic (exact) mass is 410 g/mol. The molecule has 1 aromatic heterocycles. The van der Waals surface area contributed by atoms with Crippen LogP contribution < -0.4 is 5.32 Å². The van der Waals surface area contributed by atoms with Crippen LogP contribution in [0.2, 0.25) is 0 Å². The highest BCUT2D eigenvalue weighted by atomic mass is 79.9. The fourth-order valence-electron chi connectivity index (χ4n) is 2.27. The highest BCUT2D eigenvalue weighted by molar-refractivity contribution is 9.10. The topological polar surface area (TPSA) is 24.9 Å². The number of aromatic nitrogens is 1. The van der Waals surface area contributed by atoms with E-state index in [4.69, 9.17) is 0 Å². The van der Waals surface area contributed by atoms with Crippen molar-refractivity contribution in [3.8, 4) is 0 Å². The molecular weight excluding hydrogens is 392 g/mol. The maximum absolute atomic E-state index is 4.27. The fraction of sp³-hybridized carbons (Fsp3) is 0.353. The number of pyridine rings is 1. The number of hydrogen-bond acceptors (Lipinski definition) is 2. The van der Waals surface area contributed by atoms with Crippen molar-refractivity contribution < 1.29 is 0 Å². The van der Waals surface area contributed by atoms with Crippen molar-refractivity contribution in [2.75, 3.05) is 6.54 Å². The van der Waals surface area contributed by atoms with E-state index in [0.717, 1.165) is 21.9 Å². The molecular formula is C17H20Br2N2. The van der Waals surface area contributed by atoms with Crippen LogP contribution in [0.15, 0.2) is 51.7 Å². The number of nitrogens with zero attached hydrogens (tertiary/aromatic N) is 1. The van der Waals surface area contributed by atoms with E-state index in [9.17, 15) is 0 Å². The van der Waals surface area contributed by atoms with Crippen LogP contribution in [0, 0.1) is 0 Å². The van der Waals surface area contributed by atoms with Crippen LogP contribution in [-0.4, -0.2) is 17.6 Å². The van der Waals surface area contributed by atoms with Gasteiger partial charge in [-0.2, -0.15) is 0 Å². The van der Waals surface area contributed by atoms with E-state index in [1.807, 2.05) is 12.4 Å². The maximum Gasteiger partial charge on any atom is 0.0410 e. The Labute approximate surface area is 143 Å². The molecule has 1 N–H and O–H groups in total. The molecule has 2 nitrogen and oxygen atoms in total. The minimum absolute atomic E-state index is 0.441. The summed E-state index contributed by atoms with van der Waals surface area (Å²) in [6.45, 7) is 5.32. The zero-order valence-corrected chi connectivity index (χ0v) is 15.5. The van der Waals surface area contributed by atoms with Crippen molar-refractivity contribution in [2.24, 2.45) is 0 Å². The van der Waals surface area contributed by atoms with E-state index in [0.29, 0.717) is 12.0 Å². The van der Waals surface area contributed by atoms with Gasteiger partial charge in [0.1, 0.15) is 0 Å². The summed E-state index contributed by atoms with van der Waals surface area (Å²) in [5.74, 6) is 0.441. The first-order valence-corrected chi connectivity index (χ1v) is 8.71. The molecule has 0 saturated heterocycles. The second-order valence-electron chi connectivity index (χ2n) is 5.53. The molecule has 1 aromatic carbocycles. The normalized spacial score (nSPS) is 12.6. The van der Waals surface area contributed by atoms with Gasteiger partial charge in [0.15, 0.2) is 0 Å². The van der Waals surface area contributed by atoms with E-state index in [1.54, 1.807) is 0 Å². The van der Waals surface area contributed by atoms with Crippen molar-refractivity contribution in [1.82, 2.24) is 10.3 Å². The van der Waals surface area contributed by atoms with Crippen LogP contribution in [0.5, 0.6) is 0 Å². The average molecular weight is 412 g/mol. The highest BCUT2D eigenvalue weighted by Crippen LogP contribution is 2.23. The summed E-state index contributed by atoms with van der Waals surface area (Å²) in [6.07, 6.45) is 4.75. The molecule has 0 amide bonds. The van der Waals surface area contributed by atoms with Crippen molar-refractivity contribution in [3.63, 3.8) is 0 Å². The molecule has 0 saturated carbocycles. The molecule has 112 valence electrons. The smallest absolute Gasteiger partial charge is 0.0410 e. The Balaban J connectivity index is 2.17. The standard InChI is InChI=1S/C17H20Br2N2/c1-12(2)21-10-15(14-3-5-16(18)6-4-14)7-13-8-17(19)11-20-9-13/h3-6,8-9,11-12,15,21H,7,10H2,1-2H3. The number of benzene rings is 1. The molecule has 1 atom stereocenters. The van der Waals surface area contributed by atoms with Crippen molar-refractivity contribution in [3.05, 3.63) is 62.8 Å². The summed E-state index contributed by atoms with van der Waals surface area (Å²) in [5, 5.41) is 3.55. The SMILES string of the molecule is CC(C)NCC(Cc1cncc(Br)c1)c1ccc(Br)cc1. The molecule has 0 spiro atoms. The third-order valence-corrected chi connectivity index (χ3v) is 4.32. The summed E-state index contributed by atoms with van der Waals surface area (Å²) >= 11 is 7.00. The van der Waals surface area contributed by atoms with E-state index in [1.165, 1.54) is 11.1 Å². The van der Waals surface area contributed by atoms with Gasteiger partial charge in [-0.1, -0.05) is 41.9 Å². The Kier molecular flexibility index (Phi) is 6.40. The van der Waals surface area contributed by atoms with E-state index < -0.39 is 0 Å². The second-order valence-corrected chi connectivity index (χ2v) is 7.36. The second kappa shape index (κ2) is 8.06. The summed E-state index contributed by atoms with van der Waals surface area (Å²) < 4.78 is 2.15. The molecule has 0 aliphatic heterocycles. The number of hydrogen-bond donors (Lipinski definition) is 1. The van der Waals surface area contributed by atoms with Crippen molar-refractivity contribution in [1.29, 1.82) is 0 Å². The van der Waals surface area contributed by atoms with Crippen LogP contribution in [0.3, 0.4) is 0 Å². The molecule has 0 radical (unpaired) electrons. The first kappa shape index (κ1) is 16.7. The van der Waals surface area contributed by atoms with Gasteiger partial charge in [0.25, 0.3) is 0 Å². The molecule has 21 heavy (non-hydrogen) atoms. The lowest BCUT2D eigenvalue weighted by Gasteiger charge is -2.20. The summed E-state index contributed by atoms with van der Waals surface area (Å²) in [6, 6.07) is 11.2. The van der Waals surface area contributed by atoms with Gasteiger partial charge in [-0.15, -0.1) is 0 Å². The predicted octanol–water partition coefficient (Wildman–Crippen LogP) is 4.93. The number of nitrogens with one attached hydrogen (secondary N) is 1. The average Bonchev–Trinajstić information content (AvgIpc) is 2.44. The van der Waals surface area contributed by atoms with Crippen LogP contribution in [0.1, 0.15) is 30.9 Å². The van der Waals surface area contributed by atoms with Gasteiger partial charge in [0.2, 0.25) is 0 Å². The Hall–Kier alpha value is -0.710. The molecule has 4 heteroatoms. The Morgan fingerprint density at radius 3 is 2.38 bits per heavy atom. The third-order valence-electron chi connectivity index (χ3n) is 3.36. The van der Waals surface area contributed by atoms with Crippen molar-refractivity contribution >= 4 is 31.9 Å². The highest BCUT2D eigenvalue weighted by Gasteiger charge is 2.13. The summed E-state index contributed by atoms with van der Waals surface area (Å²) in [5.41, 5.74) is 2.61. The van der Waals surface area contributed by atoms with Gasteiger partial charge < -0.3 is 5.32 Å². The lowest BCUT2D eigenvalue weighted by molar-refractivity contribution is 0.526. The van der Waals surface area contributed by atoms with Gasteiger partial charge in [-0.25, -0.2) is 0 Å². The molecule has 2 rings (SSSR count). The number of halogens is 2. The summed E-state index contributed by atoms with van der Waals surface area (Å²) in [4.78, 5) is 4.27. The maximum atomic E-state index is 4.27. The molecule has 1 unspecified atom stereocenters. The minimum atomic E-state index is 0.441. The Morgan fingerprint density at radius 1 is 1.05 bits per heavy atom. The predicted molar refractivity (Wildman–Crippen MR) is 95.7 cm³/mol. The zero-order valence-electron chi connectivity index (χ0n) is 12.3. The van der Waals surface area contributed by atoms with Crippen molar-refractivity contribution in [2.45, 2.75) is 32.2 Å². The Morgan fingerprint density at radius 2 is 1.76 bits per heavy atom.